The van der Waals surface area contributed by atoms with Gasteiger partial charge < -0.3 is 20.7 Å². The first-order valence-corrected chi connectivity index (χ1v) is 9.11. The zero-order chi connectivity index (χ0) is 21.4. The molecule has 0 aliphatic carbocycles. The second-order valence-corrected chi connectivity index (χ2v) is 6.62. The van der Waals surface area contributed by atoms with Crippen LogP contribution in [0.4, 0.5) is 17.1 Å². The van der Waals surface area contributed by atoms with Crippen molar-refractivity contribution in [3.63, 3.8) is 0 Å². The zero-order valence-electron chi connectivity index (χ0n) is 17.0. The van der Waals surface area contributed by atoms with Gasteiger partial charge in [0.1, 0.15) is 5.75 Å². The van der Waals surface area contributed by atoms with Crippen molar-refractivity contribution in [2.45, 2.75) is 19.9 Å². The van der Waals surface area contributed by atoms with Gasteiger partial charge in [0, 0.05) is 24.0 Å². The van der Waals surface area contributed by atoms with Gasteiger partial charge in [-0.1, -0.05) is 0 Å². The third kappa shape index (κ3) is 6.93. The SMILES string of the molecule is COc1ccc(NC(=O)CN(C)C(C)C(=O)Nc2ccc(NC(C)=O)cc2)cc1. The molecule has 3 amide bonds. The van der Waals surface area contributed by atoms with Crippen LogP contribution in [0, 0.1) is 0 Å². The Hall–Kier alpha value is -3.39. The molecule has 8 nitrogen and oxygen atoms in total. The predicted molar refractivity (Wildman–Crippen MR) is 113 cm³/mol. The summed E-state index contributed by atoms with van der Waals surface area (Å²) in [6.45, 7) is 3.21. The molecule has 3 N–H and O–H groups in total. The lowest BCUT2D eigenvalue weighted by Gasteiger charge is -2.23. The van der Waals surface area contributed by atoms with Gasteiger partial charge in [0.25, 0.3) is 0 Å². The fourth-order valence-corrected chi connectivity index (χ4v) is 2.53. The van der Waals surface area contributed by atoms with Crippen molar-refractivity contribution in [1.82, 2.24) is 4.90 Å². The van der Waals surface area contributed by atoms with E-state index in [1.807, 2.05) is 0 Å². The highest BCUT2D eigenvalue weighted by molar-refractivity contribution is 5.96. The third-order valence-electron chi connectivity index (χ3n) is 4.28. The van der Waals surface area contributed by atoms with Crippen LogP contribution in [0.1, 0.15) is 13.8 Å². The largest absolute Gasteiger partial charge is 0.497 e. The van der Waals surface area contributed by atoms with Gasteiger partial charge in [-0.15, -0.1) is 0 Å². The number of methoxy groups -OCH3 is 1. The number of hydrogen-bond acceptors (Lipinski definition) is 5. The maximum absolute atomic E-state index is 12.5. The van der Waals surface area contributed by atoms with E-state index >= 15 is 0 Å². The number of amides is 3. The summed E-state index contributed by atoms with van der Waals surface area (Å²) in [6.07, 6.45) is 0. The van der Waals surface area contributed by atoms with E-state index in [9.17, 15) is 14.4 Å². The molecule has 2 aromatic carbocycles. The molecule has 0 fully saturated rings. The number of likely N-dealkylation sites (N-methyl/N-ethyl adjacent to an activating group) is 1. The van der Waals surface area contributed by atoms with Crippen LogP contribution in [0.2, 0.25) is 0 Å². The Morgan fingerprint density at radius 3 is 1.90 bits per heavy atom. The number of hydrogen-bond donors (Lipinski definition) is 3. The normalized spacial score (nSPS) is 11.5. The molecule has 154 valence electrons. The Balaban J connectivity index is 1.85. The number of benzene rings is 2. The van der Waals surface area contributed by atoms with Crippen molar-refractivity contribution in [2.75, 3.05) is 36.7 Å². The number of carbonyl (C=O) groups is 3. The Labute approximate surface area is 170 Å². The van der Waals surface area contributed by atoms with Gasteiger partial charge in [-0.3, -0.25) is 19.3 Å². The fourth-order valence-electron chi connectivity index (χ4n) is 2.53. The van der Waals surface area contributed by atoms with Gasteiger partial charge in [-0.2, -0.15) is 0 Å². The molecule has 0 saturated carbocycles. The molecular formula is C21H26N4O4. The van der Waals surface area contributed by atoms with Crippen LogP contribution in [0.5, 0.6) is 5.75 Å². The highest BCUT2D eigenvalue weighted by Gasteiger charge is 2.20. The maximum atomic E-state index is 12.5. The summed E-state index contributed by atoms with van der Waals surface area (Å²) in [5.41, 5.74) is 1.91. The number of nitrogens with zero attached hydrogens (tertiary/aromatic N) is 1. The first kappa shape index (κ1) is 21.9. The van der Waals surface area contributed by atoms with E-state index in [2.05, 4.69) is 16.0 Å². The van der Waals surface area contributed by atoms with E-state index < -0.39 is 6.04 Å². The minimum Gasteiger partial charge on any atom is -0.497 e. The van der Waals surface area contributed by atoms with Gasteiger partial charge in [0.2, 0.25) is 17.7 Å². The average Bonchev–Trinajstić information content (AvgIpc) is 2.68. The zero-order valence-corrected chi connectivity index (χ0v) is 17.0. The van der Waals surface area contributed by atoms with Crippen molar-refractivity contribution >= 4 is 34.8 Å². The summed E-state index contributed by atoms with van der Waals surface area (Å²) in [5, 5.41) is 8.25. The van der Waals surface area contributed by atoms with Crippen molar-refractivity contribution in [2.24, 2.45) is 0 Å². The fraction of sp³-hybridized carbons (Fsp3) is 0.286. The number of nitrogens with one attached hydrogen (secondary N) is 3. The maximum Gasteiger partial charge on any atom is 0.241 e. The van der Waals surface area contributed by atoms with Crippen molar-refractivity contribution < 1.29 is 19.1 Å². The lowest BCUT2D eigenvalue weighted by atomic mass is 10.2. The van der Waals surface area contributed by atoms with E-state index in [4.69, 9.17) is 4.74 Å². The molecule has 2 rings (SSSR count). The van der Waals surface area contributed by atoms with E-state index in [1.54, 1.807) is 74.5 Å². The van der Waals surface area contributed by atoms with Crippen molar-refractivity contribution in [1.29, 1.82) is 0 Å². The van der Waals surface area contributed by atoms with Crippen LogP contribution in [0.3, 0.4) is 0 Å². The van der Waals surface area contributed by atoms with E-state index in [0.29, 0.717) is 22.8 Å². The molecule has 0 aliphatic rings. The lowest BCUT2D eigenvalue weighted by Crippen LogP contribution is -2.43. The topological polar surface area (TPSA) is 99.8 Å². The molecular weight excluding hydrogens is 372 g/mol. The van der Waals surface area contributed by atoms with Crippen LogP contribution in [-0.2, 0) is 14.4 Å². The van der Waals surface area contributed by atoms with Gasteiger partial charge in [0.05, 0.1) is 19.7 Å². The third-order valence-corrected chi connectivity index (χ3v) is 4.28. The number of ether oxygens (including phenoxy) is 1. The van der Waals surface area contributed by atoms with E-state index in [-0.39, 0.29) is 24.3 Å². The molecule has 0 saturated heterocycles. The van der Waals surface area contributed by atoms with E-state index in [1.165, 1.54) is 6.92 Å². The van der Waals surface area contributed by atoms with Gasteiger partial charge in [0.15, 0.2) is 0 Å². The highest BCUT2D eigenvalue weighted by atomic mass is 16.5. The van der Waals surface area contributed by atoms with Gasteiger partial charge >= 0.3 is 0 Å². The highest BCUT2D eigenvalue weighted by Crippen LogP contribution is 2.16. The Morgan fingerprint density at radius 2 is 1.38 bits per heavy atom. The molecule has 1 atom stereocenters. The molecule has 0 bridgehead atoms. The quantitative estimate of drug-likeness (QED) is 0.635. The van der Waals surface area contributed by atoms with E-state index in [0.717, 1.165) is 0 Å². The summed E-state index contributed by atoms with van der Waals surface area (Å²) in [6, 6.07) is 13.3. The molecule has 0 aliphatic heterocycles. The Morgan fingerprint density at radius 1 is 0.897 bits per heavy atom. The monoisotopic (exact) mass is 398 g/mol. The molecule has 0 heterocycles. The van der Waals surface area contributed by atoms with Gasteiger partial charge in [-0.25, -0.2) is 0 Å². The van der Waals surface area contributed by atoms with Crippen LogP contribution in [0.25, 0.3) is 0 Å². The summed E-state index contributed by atoms with van der Waals surface area (Å²) in [7, 11) is 3.28. The molecule has 2 aromatic rings. The van der Waals surface area contributed by atoms with Crippen LogP contribution in [-0.4, -0.2) is 49.4 Å². The summed E-state index contributed by atoms with van der Waals surface area (Å²) >= 11 is 0. The van der Waals surface area contributed by atoms with Crippen molar-refractivity contribution in [3.8, 4) is 5.75 Å². The smallest absolute Gasteiger partial charge is 0.241 e. The first-order valence-electron chi connectivity index (χ1n) is 9.11. The molecule has 8 heteroatoms. The average molecular weight is 398 g/mol. The summed E-state index contributed by atoms with van der Waals surface area (Å²) in [5.74, 6) is 0.0782. The minimum absolute atomic E-state index is 0.0576. The number of anilines is 3. The first-order chi connectivity index (χ1) is 13.8. The molecule has 29 heavy (non-hydrogen) atoms. The summed E-state index contributed by atoms with van der Waals surface area (Å²) < 4.78 is 5.08. The second kappa shape index (κ2) is 10.2. The second-order valence-electron chi connectivity index (χ2n) is 6.62. The predicted octanol–water partition coefficient (Wildman–Crippen LogP) is 2.55. The molecule has 0 radical (unpaired) electrons. The molecule has 0 aromatic heterocycles. The van der Waals surface area contributed by atoms with Crippen LogP contribution < -0.4 is 20.7 Å². The standard InChI is InChI=1S/C21H26N4O4/c1-14(21(28)24-18-7-5-16(6-8-18)22-15(2)26)25(3)13-20(27)23-17-9-11-19(29-4)12-10-17/h5-12,14H,13H2,1-4H3,(H,22,26)(H,23,27)(H,24,28). The molecule has 0 spiro atoms. The van der Waals surface area contributed by atoms with Gasteiger partial charge in [-0.05, 0) is 62.5 Å². The van der Waals surface area contributed by atoms with Crippen LogP contribution >= 0.6 is 0 Å². The minimum atomic E-state index is -0.522. The summed E-state index contributed by atoms with van der Waals surface area (Å²) in [4.78, 5) is 37.4. The Bertz CT molecular complexity index is 850. The molecule has 1 unspecified atom stereocenters. The Kier molecular flexibility index (Phi) is 7.73. The lowest BCUT2D eigenvalue weighted by molar-refractivity contribution is -0.122. The van der Waals surface area contributed by atoms with Crippen LogP contribution in [0.15, 0.2) is 48.5 Å². The number of rotatable bonds is 8. The number of carbonyl (C=O) groups excluding carboxylic acids is 3. The van der Waals surface area contributed by atoms with Crippen molar-refractivity contribution in [3.05, 3.63) is 48.5 Å².